The fourth-order valence-corrected chi connectivity index (χ4v) is 4.26. The van der Waals surface area contributed by atoms with Crippen LogP contribution in [-0.2, 0) is 9.59 Å². The Balaban J connectivity index is 1.77. The van der Waals surface area contributed by atoms with E-state index in [9.17, 15) is 19.5 Å². The van der Waals surface area contributed by atoms with Gasteiger partial charge in [0.2, 0.25) is 5.91 Å². The van der Waals surface area contributed by atoms with E-state index in [0.717, 1.165) is 35.9 Å². The number of halogens is 1. The van der Waals surface area contributed by atoms with Gasteiger partial charge in [-0.1, -0.05) is 15.9 Å². The second kappa shape index (κ2) is 8.35. The zero-order chi connectivity index (χ0) is 19.6. The van der Waals surface area contributed by atoms with E-state index in [0.29, 0.717) is 23.1 Å². The Kier molecular flexibility index (Phi) is 6.11. The van der Waals surface area contributed by atoms with Crippen LogP contribution in [0.15, 0.2) is 21.5 Å². The third-order valence-electron chi connectivity index (χ3n) is 4.46. The quantitative estimate of drug-likeness (QED) is 0.702. The van der Waals surface area contributed by atoms with E-state index in [-0.39, 0.29) is 28.9 Å². The largest absolute Gasteiger partial charge is 0.504 e. The molecule has 2 aliphatic rings. The maximum Gasteiger partial charge on any atom is 0.294 e. The molecule has 9 heteroatoms. The SMILES string of the molecule is COc1cc(/C=C2\SC(=O)N(CC(=O)N3CCCCC3)C2=O)c(Br)cc1O. The van der Waals surface area contributed by atoms with Gasteiger partial charge in [0, 0.05) is 17.6 Å². The zero-order valence-corrected chi connectivity index (χ0v) is 17.1. The molecule has 0 spiro atoms. The van der Waals surface area contributed by atoms with Gasteiger partial charge in [-0.3, -0.25) is 19.3 Å². The fraction of sp³-hybridized carbons (Fsp3) is 0.389. The Bertz CT molecular complexity index is 820. The van der Waals surface area contributed by atoms with Gasteiger partial charge in [-0.2, -0.15) is 0 Å². The number of nitrogens with zero attached hydrogens (tertiary/aromatic N) is 2. The van der Waals surface area contributed by atoms with E-state index < -0.39 is 11.1 Å². The average molecular weight is 455 g/mol. The minimum Gasteiger partial charge on any atom is -0.504 e. The van der Waals surface area contributed by atoms with Crippen molar-refractivity contribution in [3.8, 4) is 11.5 Å². The van der Waals surface area contributed by atoms with Crippen molar-refractivity contribution in [3.63, 3.8) is 0 Å². The first-order valence-corrected chi connectivity index (χ1v) is 10.1. The summed E-state index contributed by atoms with van der Waals surface area (Å²) >= 11 is 4.12. The molecule has 2 aliphatic heterocycles. The van der Waals surface area contributed by atoms with Crippen molar-refractivity contribution in [2.75, 3.05) is 26.7 Å². The molecule has 0 aromatic heterocycles. The van der Waals surface area contributed by atoms with Crippen molar-refractivity contribution in [1.82, 2.24) is 9.80 Å². The molecule has 1 aromatic carbocycles. The number of methoxy groups -OCH3 is 1. The number of ether oxygens (including phenoxy) is 1. The maximum atomic E-state index is 12.6. The van der Waals surface area contributed by atoms with E-state index in [1.807, 2.05) is 0 Å². The molecule has 0 aliphatic carbocycles. The molecule has 27 heavy (non-hydrogen) atoms. The van der Waals surface area contributed by atoms with Crippen LogP contribution in [0.2, 0.25) is 0 Å². The number of phenols is 1. The summed E-state index contributed by atoms with van der Waals surface area (Å²) in [5, 5.41) is 9.32. The molecule has 3 rings (SSSR count). The number of piperidine rings is 1. The lowest BCUT2D eigenvalue weighted by Crippen LogP contribution is -2.44. The van der Waals surface area contributed by atoms with Crippen LogP contribution in [0.3, 0.4) is 0 Å². The van der Waals surface area contributed by atoms with Gasteiger partial charge in [-0.15, -0.1) is 0 Å². The summed E-state index contributed by atoms with van der Waals surface area (Å²) in [6.07, 6.45) is 4.54. The van der Waals surface area contributed by atoms with Crippen molar-refractivity contribution in [3.05, 3.63) is 27.1 Å². The molecule has 2 saturated heterocycles. The predicted octanol–water partition coefficient (Wildman–Crippen LogP) is 3.21. The molecular weight excluding hydrogens is 436 g/mol. The molecule has 0 saturated carbocycles. The lowest BCUT2D eigenvalue weighted by Gasteiger charge is -2.27. The molecule has 1 N–H and O–H groups in total. The number of thioether (sulfide) groups is 1. The monoisotopic (exact) mass is 454 g/mol. The summed E-state index contributed by atoms with van der Waals surface area (Å²) < 4.78 is 5.63. The van der Waals surface area contributed by atoms with Crippen LogP contribution < -0.4 is 4.74 Å². The average Bonchev–Trinajstić information content (AvgIpc) is 2.92. The second-order valence-corrected chi connectivity index (χ2v) is 8.10. The van der Waals surface area contributed by atoms with Crippen LogP contribution in [0.5, 0.6) is 11.5 Å². The topological polar surface area (TPSA) is 87.2 Å². The van der Waals surface area contributed by atoms with Gasteiger partial charge in [0.15, 0.2) is 11.5 Å². The number of aromatic hydroxyl groups is 1. The summed E-state index contributed by atoms with van der Waals surface area (Å²) in [4.78, 5) is 40.2. The van der Waals surface area contributed by atoms with Crippen molar-refractivity contribution in [2.45, 2.75) is 19.3 Å². The molecule has 7 nitrogen and oxygen atoms in total. The number of hydrogen-bond acceptors (Lipinski definition) is 6. The van der Waals surface area contributed by atoms with Crippen LogP contribution in [0.1, 0.15) is 24.8 Å². The molecule has 3 amide bonds. The number of carbonyl (C=O) groups is 3. The van der Waals surface area contributed by atoms with Gasteiger partial charge < -0.3 is 14.7 Å². The van der Waals surface area contributed by atoms with Crippen LogP contribution in [0, 0.1) is 0 Å². The molecule has 1 aromatic rings. The molecular formula is C18H19BrN2O5S. The number of likely N-dealkylation sites (tertiary alicyclic amines) is 1. The maximum absolute atomic E-state index is 12.6. The summed E-state index contributed by atoms with van der Waals surface area (Å²) in [6, 6.07) is 3.01. The van der Waals surface area contributed by atoms with Gasteiger partial charge in [-0.05, 0) is 54.8 Å². The molecule has 0 radical (unpaired) electrons. The van der Waals surface area contributed by atoms with Gasteiger partial charge in [-0.25, -0.2) is 0 Å². The van der Waals surface area contributed by atoms with Crippen LogP contribution in [0.4, 0.5) is 4.79 Å². The second-order valence-electron chi connectivity index (χ2n) is 6.25. The van der Waals surface area contributed by atoms with Gasteiger partial charge in [0.25, 0.3) is 11.1 Å². The third-order valence-corrected chi connectivity index (χ3v) is 6.05. The number of hydrogen-bond donors (Lipinski definition) is 1. The third kappa shape index (κ3) is 4.30. The van der Waals surface area contributed by atoms with Crippen molar-refractivity contribution < 1.29 is 24.2 Å². The van der Waals surface area contributed by atoms with E-state index >= 15 is 0 Å². The van der Waals surface area contributed by atoms with Gasteiger partial charge in [0.1, 0.15) is 6.54 Å². The van der Waals surface area contributed by atoms with Gasteiger partial charge >= 0.3 is 0 Å². The Labute approximate surface area is 169 Å². The molecule has 144 valence electrons. The molecule has 0 unspecified atom stereocenters. The highest BCUT2D eigenvalue weighted by Gasteiger charge is 2.37. The van der Waals surface area contributed by atoms with Crippen molar-refractivity contribution >= 4 is 50.8 Å². The van der Waals surface area contributed by atoms with Gasteiger partial charge in [0.05, 0.1) is 12.0 Å². The highest BCUT2D eigenvalue weighted by molar-refractivity contribution is 9.10. The molecule has 0 bridgehead atoms. The number of amides is 3. The minimum absolute atomic E-state index is 0.0400. The molecule has 2 fully saturated rings. The van der Waals surface area contributed by atoms with E-state index in [1.54, 1.807) is 17.0 Å². The summed E-state index contributed by atoms with van der Waals surface area (Å²) in [7, 11) is 1.42. The Morgan fingerprint density at radius 2 is 2.00 bits per heavy atom. The first-order chi connectivity index (χ1) is 12.9. The summed E-state index contributed by atoms with van der Waals surface area (Å²) in [5.41, 5.74) is 0.581. The first-order valence-electron chi connectivity index (χ1n) is 8.50. The standard InChI is InChI=1S/C18H19BrN2O5S/c1-26-14-7-11(12(19)9-13(14)22)8-15-17(24)21(18(25)27-15)10-16(23)20-5-3-2-4-6-20/h7-9,22H,2-6,10H2,1H3/b15-8-. The number of rotatable bonds is 4. The summed E-state index contributed by atoms with van der Waals surface area (Å²) in [5.74, 6) is -0.481. The van der Waals surface area contributed by atoms with E-state index in [4.69, 9.17) is 4.74 Å². The Hall–Kier alpha value is -2.00. The number of benzene rings is 1. The van der Waals surface area contributed by atoms with Crippen LogP contribution in [0.25, 0.3) is 6.08 Å². The highest BCUT2D eigenvalue weighted by Crippen LogP contribution is 2.37. The lowest BCUT2D eigenvalue weighted by atomic mass is 10.1. The molecule has 0 atom stereocenters. The highest BCUT2D eigenvalue weighted by atomic mass is 79.9. The first kappa shape index (κ1) is 19.8. The zero-order valence-electron chi connectivity index (χ0n) is 14.7. The molecule has 2 heterocycles. The Morgan fingerprint density at radius 1 is 1.30 bits per heavy atom. The number of imide groups is 1. The fourth-order valence-electron chi connectivity index (χ4n) is 2.99. The van der Waals surface area contributed by atoms with Crippen molar-refractivity contribution in [2.24, 2.45) is 0 Å². The van der Waals surface area contributed by atoms with Crippen molar-refractivity contribution in [1.29, 1.82) is 0 Å². The Morgan fingerprint density at radius 3 is 2.67 bits per heavy atom. The van der Waals surface area contributed by atoms with Crippen LogP contribution in [-0.4, -0.2) is 58.7 Å². The number of carbonyl (C=O) groups excluding carboxylic acids is 3. The van der Waals surface area contributed by atoms with Crippen LogP contribution >= 0.6 is 27.7 Å². The normalized spacial score (nSPS) is 19.1. The van der Waals surface area contributed by atoms with E-state index in [1.165, 1.54) is 13.2 Å². The van der Waals surface area contributed by atoms with E-state index in [2.05, 4.69) is 15.9 Å². The number of phenolic OH excluding ortho intramolecular Hbond substituents is 1. The lowest BCUT2D eigenvalue weighted by molar-refractivity contribution is -0.136. The smallest absolute Gasteiger partial charge is 0.294 e. The predicted molar refractivity (Wildman–Crippen MR) is 105 cm³/mol. The summed E-state index contributed by atoms with van der Waals surface area (Å²) in [6.45, 7) is 1.11. The minimum atomic E-state index is -0.491.